The van der Waals surface area contributed by atoms with E-state index in [4.69, 9.17) is 14.2 Å². The zero-order valence-electron chi connectivity index (χ0n) is 13.1. The summed E-state index contributed by atoms with van der Waals surface area (Å²) in [6, 6.07) is 3.68. The molecule has 21 heavy (non-hydrogen) atoms. The van der Waals surface area contributed by atoms with Crippen molar-refractivity contribution in [3.8, 4) is 11.5 Å². The second kappa shape index (κ2) is 6.78. The third-order valence-electron chi connectivity index (χ3n) is 3.58. The number of ether oxygens (including phenoxy) is 3. The van der Waals surface area contributed by atoms with Gasteiger partial charge in [-0.1, -0.05) is 0 Å². The maximum absolute atomic E-state index is 12.1. The lowest BCUT2D eigenvalue weighted by Crippen LogP contribution is -3.06. The van der Waals surface area contributed by atoms with Gasteiger partial charge in [0, 0.05) is 6.42 Å². The van der Waals surface area contributed by atoms with Crippen molar-refractivity contribution in [3.63, 3.8) is 0 Å². The van der Waals surface area contributed by atoms with E-state index in [1.165, 1.54) is 12.0 Å². The first-order valence-electron chi connectivity index (χ1n) is 7.16. The molecule has 0 saturated carbocycles. The zero-order valence-corrected chi connectivity index (χ0v) is 13.1. The fourth-order valence-electron chi connectivity index (χ4n) is 2.53. The molecule has 0 amide bonds. The summed E-state index contributed by atoms with van der Waals surface area (Å²) in [4.78, 5) is 13.5. The fourth-order valence-corrected chi connectivity index (χ4v) is 2.53. The van der Waals surface area contributed by atoms with E-state index in [-0.39, 0.29) is 12.2 Å². The smallest absolute Gasteiger partial charge is 0.347 e. The molecule has 1 aliphatic heterocycles. The SMILES string of the molecule is COc1ccc2c(c1OC)C(=O)O[C@H]2[NH2+]CCC[NH+](C)C. The van der Waals surface area contributed by atoms with Crippen LogP contribution in [0.4, 0.5) is 0 Å². The van der Waals surface area contributed by atoms with Crippen molar-refractivity contribution >= 4 is 5.97 Å². The minimum Gasteiger partial charge on any atom is -0.493 e. The summed E-state index contributed by atoms with van der Waals surface area (Å²) in [5, 5.41) is 2.05. The van der Waals surface area contributed by atoms with Crippen LogP contribution in [0.25, 0.3) is 0 Å². The van der Waals surface area contributed by atoms with Gasteiger partial charge in [0.2, 0.25) is 0 Å². The van der Waals surface area contributed by atoms with E-state index in [1.54, 1.807) is 7.11 Å². The molecule has 2 rings (SSSR count). The summed E-state index contributed by atoms with van der Waals surface area (Å²) in [5.74, 6) is 0.652. The molecule has 1 heterocycles. The maximum Gasteiger partial charge on any atom is 0.347 e. The number of nitrogens with two attached hydrogens (primary N) is 1. The van der Waals surface area contributed by atoms with E-state index in [9.17, 15) is 4.79 Å². The Morgan fingerprint density at radius 3 is 2.67 bits per heavy atom. The second-order valence-corrected chi connectivity index (χ2v) is 5.43. The summed E-state index contributed by atoms with van der Waals surface area (Å²) in [6.07, 6.45) is 0.781. The first kappa shape index (κ1) is 15.6. The fraction of sp³-hybridized carbons (Fsp3) is 0.533. The van der Waals surface area contributed by atoms with Crippen molar-refractivity contribution in [2.24, 2.45) is 0 Å². The third kappa shape index (κ3) is 3.28. The molecule has 0 saturated heterocycles. The molecule has 1 aromatic carbocycles. The number of cyclic esters (lactones) is 1. The number of benzene rings is 1. The van der Waals surface area contributed by atoms with Crippen LogP contribution in [0.3, 0.4) is 0 Å². The number of esters is 1. The van der Waals surface area contributed by atoms with Gasteiger partial charge in [-0.05, 0) is 12.1 Å². The van der Waals surface area contributed by atoms with Gasteiger partial charge in [-0.15, -0.1) is 0 Å². The minimum absolute atomic E-state index is 0.288. The molecule has 6 heteroatoms. The lowest BCUT2D eigenvalue weighted by molar-refractivity contribution is -0.861. The zero-order chi connectivity index (χ0) is 15.4. The number of carbonyl (C=O) groups is 1. The normalized spacial score (nSPS) is 16.8. The molecule has 1 aliphatic rings. The van der Waals surface area contributed by atoms with Crippen LogP contribution >= 0.6 is 0 Å². The van der Waals surface area contributed by atoms with Crippen molar-refractivity contribution in [3.05, 3.63) is 23.3 Å². The largest absolute Gasteiger partial charge is 0.493 e. The van der Waals surface area contributed by atoms with E-state index in [0.29, 0.717) is 17.1 Å². The Morgan fingerprint density at radius 2 is 2.05 bits per heavy atom. The van der Waals surface area contributed by atoms with Gasteiger partial charge < -0.3 is 24.4 Å². The Kier molecular flexibility index (Phi) is 5.03. The first-order valence-corrected chi connectivity index (χ1v) is 7.16. The topological polar surface area (TPSA) is 65.8 Å². The van der Waals surface area contributed by atoms with Crippen LogP contribution in [0, 0.1) is 0 Å². The van der Waals surface area contributed by atoms with Crippen LogP contribution in [0.15, 0.2) is 12.1 Å². The maximum atomic E-state index is 12.1. The number of quaternary nitrogens is 2. The molecule has 1 aromatic rings. The van der Waals surface area contributed by atoms with Gasteiger partial charge in [-0.2, -0.15) is 0 Å². The number of carbonyl (C=O) groups excluding carboxylic acids is 1. The predicted octanol–water partition coefficient (Wildman–Crippen LogP) is -1.03. The van der Waals surface area contributed by atoms with Crippen LogP contribution in [-0.2, 0) is 4.74 Å². The average Bonchev–Trinajstić information content (AvgIpc) is 2.79. The van der Waals surface area contributed by atoms with Gasteiger partial charge in [-0.25, -0.2) is 4.79 Å². The number of hydrogen-bond acceptors (Lipinski definition) is 4. The summed E-state index contributed by atoms with van der Waals surface area (Å²) in [7, 11) is 7.34. The monoisotopic (exact) mass is 296 g/mol. The summed E-state index contributed by atoms with van der Waals surface area (Å²) in [5.41, 5.74) is 1.34. The third-order valence-corrected chi connectivity index (χ3v) is 3.58. The van der Waals surface area contributed by atoms with Gasteiger partial charge in [0.15, 0.2) is 11.5 Å². The van der Waals surface area contributed by atoms with Crippen LogP contribution in [-0.4, -0.2) is 47.4 Å². The van der Waals surface area contributed by atoms with Crippen LogP contribution in [0.1, 0.15) is 28.6 Å². The predicted molar refractivity (Wildman–Crippen MR) is 76.8 cm³/mol. The van der Waals surface area contributed by atoms with Crippen molar-refractivity contribution in [1.82, 2.24) is 0 Å². The Morgan fingerprint density at radius 1 is 1.29 bits per heavy atom. The molecule has 0 aliphatic carbocycles. The van der Waals surface area contributed by atoms with E-state index in [0.717, 1.165) is 25.1 Å². The quantitative estimate of drug-likeness (QED) is 0.499. The second-order valence-electron chi connectivity index (χ2n) is 5.43. The highest BCUT2D eigenvalue weighted by molar-refractivity contribution is 5.97. The lowest BCUT2D eigenvalue weighted by atomic mass is 10.1. The molecule has 0 aromatic heterocycles. The van der Waals surface area contributed by atoms with Crippen molar-refractivity contribution in [2.45, 2.75) is 12.6 Å². The van der Waals surface area contributed by atoms with Gasteiger partial charge in [-0.3, -0.25) is 0 Å². The number of fused-ring (bicyclic) bond motifs is 1. The van der Waals surface area contributed by atoms with E-state index >= 15 is 0 Å². The molecular weight excluding hydrogens is 272 g/mol. The highest BCUT2D eigenvalue weighted by atomic mass is 16.6. The molecule has 0 radical (unpaired) electrons. The lowest BCUT2D eigenvalue weighted by Gasteiger charge is -2.12. The molecule has 0 fully saturated rings. The van der Waals surface area contributed by atoms with Crippen LogP contribution in [0.2, 0.25) is 0 Å². The van der Waals surface area contributed by atoms with Crippen molar-refractivity contribution < 1.29 is 29.2 Å². The number of hydrogen-bond donors (Lipinski definition) is 2. The van der Waals surface area contributed by atoms with Crippen LogP contribution < -0.4 is 19.7 Å². The first-order chi connectivity index (χ1) is 10.1. The summed E-state index contributed by atoms with van der Waals surface area (Å²) in [6.45, 7) is 2.01. The van der Waals surface area contributed by atoms with Gasteiger partial charge in [0.1, 0.15) is 5.56 Å². The molecule has 3 N–H and O–H groups in total. The van der Waals surface area contributed by atoms with Gasteiger partial charge in [0.25, 0.3) is 6.23 Å². The molecule has 0 spiro atoms. The molecule has 0 bridgehead atoms. The molecule has 1 atom stereocenters. The van der Waals surface area contributed by atoms with E-state index in [1.807, 2.05) is 12.1 Å². The standard InChI is InChI=1S/C15H22N2O4/c1-17(2)9-5-8-16-14-10-6-7-11(19-3)13(20-4)12(10)15(18)21-14/h6-7,14,16H,5,8-9H2,1-4H3/p+2/t14-/m1/s1. The molecule has 116 valence electrons. The molecular formula is C15H24N2O4+2. The van der Waals surface area contributed by atoms with Crippen LogP contribution in [0.5, 0.6) is 11.5 Å². The molecule has 0 unspecified atom stereocenters. The van der Waals surface area contributed by atoms with E-state index in [2.05, 4.69) is 19.4 Å². The number of nitrogens with one attached hydrogen (secondary N) is 1. The summed E-state index contributed by atoms with van der Waals surface area (Å²) >= 11 is 0. The summed E-state index contributed by atoms with van der Waals surface area (Å²) < 4.78 is 16.0. The molecule has 6 nitrogen and oxygen atoms in total. The Hall–Kier alpha value is -1.79. The Balaban J connectivity index is 2.12. The minimum atomic E-state index is -0.347. The average molecular weight is 296 g/mol. The highest BCUT2D eigenvalue weighted by Crippen LogP contribution is 2.39. The number of methoxy groups -OCH3 is 2. The van der Waals surface area contributed by atoms with Crippen molar-refractivity contribution in [1.29, 1.82) is 0 Å². The number of rotatable bonds is 7. The highest BCUT2D eigenvalue weighted by Gasteiger charge is 2.37. The van der Waals surface area contributed by atoms with Crippen molar-refractivity contribution in [2.75, 3.05) is 41.4 Å². The Bertz CT molecular complexity index is 517. The van der Waals surface area contributed by atoms with Gasteiger partial charge >= 0.3 is 5.97 Å². The van der Waals surface area contributed by atoms with Gasteiger partial charge in [0.05, 0.1) is 47.0 Å². The Labute approximate surface area is 125 Å². The van der Waals surface area contributed by atoms with E-state index < -0.39 is 0 Å².